The molecule has 0 bridgehead atoms. The summed E-state index contributed by atoms with van der Waals surface area (Å²) in [7, 11) is 1.59. The number of amides is 1. The number of carbonyl (C=O) groups excluding carboxylic acids is 1. The van der Waals surface area contributed by atoms with Crippen LogP contribution in [0.5, 0.6) is 23.0 Å². The van der Waals surface area contributed by atoms with Gasteiger partial charge in [0.1, 0.15) is 17.2 Å². The Labute approximate surface area is 189 Å². The van der Waals surface area contributed by atoms with Crippen molar-refractivity contribution in [3.63, 3.8) is 0 Å². The molecule has 0 fully saturated rings. The van der Waals surface area contributed by atoms with Gasteiger partial charge in [-0.05, 0) is 48.5 Å². The first kappa shape index (κ1) is 20.2. The second-order valence-electron chi connectivity index (χ2n) is 7.11. The first-order valence-corrected chi connectivity index (χ1v) is 10.2. The molecule has 162 valence electrons. The molecule has 8 nitrogen and oxygen atoms in total. The predicted molar refractivity (Wildman–Crippen MR) is 124 cm³/mol. The number of carbonyl (C=O) groups is 1. The van der Waals surface area contributed by atoms with Gasteiger partial charge in [-0.25, -0.2) is 4.98 Å². The van der Waals surface area contributed by atoms with Gasteiger partial charge < -0.3 is 19.8 Å². The molecule has 0 atom stereocenters. The van der Waals surface area contributed by atoms with Gasteiger partial charge in [-0.3, -0.25) is 14.8 Å². The molecule has 1 amide bonds. The lowest BCUT2D eigenvalue weighted by Gasteiger charge is -2.12. The zero-order valence-electron chi connectivity index (χ0n) is 17.6. The smallest absolute Gasteiger partial charge is 0.251 e. The third-order valence-electron chi connectivity index (χ3n) is 4.89. The minimum absolute atomic E-state index is 0.165. The van der Waals surface area contributed by atoms with Crippen LogP contribution in [0.1, 0.15) is 10.4 Å². The molecule has 0 saturated heterocycles. The summed E-state index contributed by atoms with van der Waals surface area (Å²) < 4.78 is 12.2. The normalized spacial score (nSPS) is 10.7. The lowest BCUT2D eigenvalue weighted by Crippen LogP contribution is -2.17. The number of nitrogens with zero attached hydrogens (tertiary/aromatic N) is 3. The lowest BCUT2D eigenvalue weighted by atomic mass is 10.2. The van der Waals surface area contributed by atoms with Crippen molar-refractivity contribution in [3.8, 4) is 34.5 Å². The van der Waals surface area contributed by atoms with Gasteiger partial charge in [-0.1, -0.05) is 6.07 Å². The second-order valence-corrected chi connectivity index (χ2v) is 7.11. The number of aromatic nitrogens is 4. The Morgan fingerprint density at radius 1 is 0.909 bits per heavy atom. The Kier molecular flexibility index (Phi) is 5.38. The maximum absolute atomic E-state index is 11.8. The fraction of sp³-hybridized carbons (Fsp3) is 0.0400. The van der Waals surface area contributed by atoms with Crippen LogP contribution in [0.4, 0.5) is 0 Å². The highest BCUT2D eigenvalue weighted by Crippen LogP contribution is 2.38. The van der Waals surface area contributed by atoms with Crippen molar-refractivity contribution >= 4 is 16.9 Å². The van der Waals surface area contributed by atoms with E-state index in [2.05, 4.69) is 25.3 Å². The largest absolute Gasteiger partial charge is 0.453 e. The van der Waals surface area contributed by atoms with Crippen molar-refractivity contribution in [2.45, 2.75) is 0 Å². The van der Waals surface area contributed by atoms with E-state index in [1.807, 2.05) is 30.3 Å². The fourth-order valence-electron chi connectivity index (χ4n) is 3.28. The molecular formula is C25H19N5O3. The Bertz CT molecular complexity index is 1400. The summed E-state index contributed by atoms with van der Waals surface area (Å²) in [6.07, 6.45) is 5.02. The number of fused-ring (bicyclic) bond motifs is 1. The highest BCUT2D eigenvalue weighted by molar-refractivity contribution is 5.94. The third-order valence-corrected chi connectivity index (χ3v) is 4.89. The average Bonchev–Trinajstić information content (AvgIpc) is 3.28. The summed E-state index contributed by atoms with van der Waals surface area (Å²) in [6.45, 7) is 0. The third kappa shape index (κ3) is 4.35. The van der Waals surface area contributed by atoms with Gasteiger partial charge in [0.15, 0.2) is 17.3 Å². The van der Waals surface area contributed by atoms with Crippen molar-refractivity contribution in [2.24, 2.45) is 0 Å². The molecule has 0 aliphatic heterocycles. The molecule has 3 heterocycles. The van der Waals surface area contributed by atoms with E-state index in [1.165, 1.54) is 0 Å². The van der Waals surface area contributed by atoms with Gasteiger partial charge in [-0.15, -0.1) is 0 Å². The quantitative estimate of drug-likeness (QED) is 0.389. The van der Waals surface area contributed by atoms with Crippen molar-refractivity contribution in [1.82, 2.24) is 25.3 Å². The molecule has 33 heavy (non-hydrogen) atoms. The topological polar surface area (TPSA) is 102 Å². The molecule has 0 saturated carbocycles. The Balaban J connectivity index is 1.54. The summed E-state index contributed by atoms with van der Waals surface area (Å²) >= 11 is 0. The predicted octanol–water partition coefficient (Wildman–Crippen LogP) is 4.96. The maximum atomic E-state index is 11.8. The van der Waals surface area contributed by atoms with Crippen LogP contribution in [0, 0.1) is 0 Å². The molecule has 3 aromatic heterocycles. The number of hydrogen-bond donors (Lipinski definition) is 2. The van der Waals surface area contributed by atoms with Gasteiger partial charge in [-0.2, -0.15) is 0 Å². The van der Waals surface area contributed by atoms with Crippen LogP contribution < -0.4 is 14.8 Å². The first-order chi connectivity index (χ1) is 16.2. The average molecular weight is 437 g/mol. The zero-order valence-corrected chi connectivity index (χ0v) is 17.6. The van der Waals surface area contributed by atoms with E-state index in [4.69, 9.17) is 9.47 Å². The highest BCUT2D eigenvalue weighted by Gasteiger charge is 2.15. The van der Waals surface area contributed by atoms with Crippen LogP contribution in [0.15, 0.2) is 85.3 Å². The molecule has 0 spiro atoms. The van der Waals surface area contributed by atoms with Gasteiger partial charge >= 0.3 is 0 Å². The van der Waals surface area contributed by atoms with Crippen molar-refractivity contribution < 1.29 is 14.3 Å². The Morgan fingerprint density at radius 3 is 2.45 bits per heavy atom. The van der Waals surface area contributed by atoms with Crippen molar-refractivity contribution in [3.05, 3.63) is 90.9 Å². The van der Waals surface area contributed by atoms with Crippen LogP contribution in [-0.2, 0) is 0 Å². The van der Waals surface area contributed by atoms with E-state index >= 15 is 0 Å². The number of aromatic amines is 1. The second kappa shape index (κ2) is 8.80. The van der Waals surface area contributed by atoms with Gasteiger partial charge in [0.05, 0.1) is 17.2 Å². The van der Waals surface area contributed by atoms with Crippen molar-refractivity contribution in [1.29, 1.82) is 0 Å². The highest BCUT2D eigenvalue weighted by atomic mass is 16.5. The number of hydrogen-bond acceptors (Lipinski definition) is 6. The van der Waals surface area contributed by atoms with Gasteiger partial charge in [0, 0.05) is 37.1 Å². The number of ether oxygens (including phenoxy) is 2. The molecule has 0 unspecified atom stereocenters. The van der Waals surface area contributed by atoms with Crippen LogP contribution in [0.3, 0.4) is 0 Å². The van der Waals surface area contributed by atoms with E-state index < -0.39 is 0 Å². The summed E-state index contributed by atoms with van der Waals surface area (Å²) in [6, 6.07) is 19.7. The number of H-pyrrole nitrogens is 1. The standard InChI is InChI=1S/C25H19N5O3/c1-26-25(31)16-7-9-17(10-8-16)32-22-13-20-21(14-23(22)33-18-5-4-11-27-15-18)30-24(29-20)19-6-2-3-12-28-19/h2-15H,1H3,(H,26,31)(H,29,30). The van der Waals surface area contributed by atoms with E-state index in [-0.39, 0.29) is 5.91 Å². The Morgan fingerprint density at radius 2 is 1.73 bits per heavy atom. The number of benzene rings is 2. The summed E-state index contributed by atoms with van der Waals surface area (Å²) in [5.41, 5.74) is 2.75. The molecular weight excluding hydrogens is 418 g/mol. The van der Waals surface area contributed by atoms with Crippen molar-refractivity contribution in [2.75, 3.05) is 7.05 Å². The number of pyridine rings is 2. The van der Waals surface area contributed by atoms with E-state index in [0.717, 1.165) is 11.2 Å². The van der Waals surface area contributed by atoms with E-state index in [1.54, 1.807) is 62.0 Å². The SMILES string of the molecule is CNC(=O)c1ccc(Oc2cc3nc(-c4ccccn4)[nH]c3cc2Oc2cccnc2)cc1. The molecule has 0 aliphatic carbocycles. The Hall–Kier alpha value is -4.72. The van der Waals surface area contributed by atoms with Gasteiger partial charge in [0.25, 0.3) is 5.91 Å². The minimum atomic E-state index is -0.165. The van der Waals surface area contributed by atoms with Crippen LogP contribution in [0.2, 0.25) is 0 Å². The summed E-state index contributed by atoms with van der Waals surface area (Å²) in [5, 5.41) is 2.60. The molecule has 0 radical (unpaired) electrons. The molecule has 0 aliphatic rings. The number of nitrogens with one attached hydrogen (secondary N) is 2. The summed E-state index contributed by atoms with van der Waals surface area (Å²) in [4.78, 5) is 28.2. The van der Waals surface area contributed by atoms with Crippen LogP contribution in [0.25, 0.3) is 22.6 Å². The monoisotopic (exact) mass is 437 g/mol. The lowest BCUT2D eigenvalue weighted by molar-refractivity contribution is 0.0963. The minimum Gasteiger partial charge on any atom is -0.453 e. The number of rotatable bonds is 6. The first-order valence-electron chi connectivity index (χ1n) is 10.2. The molecule has 5 rings (SSSR count). The van der Waals surface area contributed by atoms with Gasteiger partial charge in [0.2, 0.25) is 0 Å². The fourth-order valence-corrected chi connectivity index (χ4v) is 3.28. The van der Waals surface area contributed by atoms with Crippen LogP contribution in [-0.4, -0.2) is 32.9 Å². The number of imidazole rings is 1. The summed E-state index contributed by atoms with van der Waals surface area (Å²) in [5.74, 6) is 2.56. The van der Waals surface area contributed by atoms with E-state index in [0.29, 0.717) is 39.9 Å². The van der Waals surface area contributed by atoms with E-state index in [9.17, 15) is 4.79 Å². The maximum Gasteiger partial charge on any atom is 0.251 e. The molecule has 2 N–H and O–H groups in total. The molecule has 8 heteroatoms. The van der Waals surface area contributed by atoms with Crippen LogP contribution >= 0.6 is 0 Å². The molecule has 5 aromatic rings. The zero-order chi connectivity index (χ0) is 22.6. The molecule has 2 aromatic carbocycles.